The number of amides is 1. The van der Waals surface area contributed by atoms with Gasteiger partial charge in [0.05, 0.1) is 5.69 Å². The van der Waals surface area contributed by atoms with Crippen LogP contribution in [0.3, 0.4) is 0 Å². The molecular weight excluding hydrogens is 400 g/mol. The maximum absolute atomic E-state index is 12.4. The van der Waals surface area contributed by atoms with Crippen molar-refractivity contribution in [1.29, 1.82) is 0 Å². The molecule has 2 N–H and O–H groups in total. The standard InChI is InChI=1S/C23H20N2O4S/c26-21(27)17-10-5-11-19-20(17)24-22(30-19)25-23(28)29-12-18-15-8-3-1-6-13(15)14-7-2-4-9-16(14)18/h1-4,6-9,17-18H,5,10-12H2,(H,26,27)(H,24,25,28). The SMILES string of the molecule is O=C(Nc1nc2c(s1)CCCC2C(=O)O)OCC1c2ccccc2-c2ccccc21. The summed E-state index contributed by atoms with van der Waals surface area (Å²) in [6.07, 6.45) is 1.62. The number of nitrogens with one attached hydrogen (secondary N) is 1. The summed E-state index contributed by atoms with van der Waals surface area (Å²) in [5.74, 6) is -1.47. The molecule has 1 amide bonds. The average Bonchev–Trinajstić information content (AvgIpc) is 3.30. The normalized spacial score (nSPS) is 17.0. The highest BCUT2D eigenvalue weighted by Crippen LogP contribution is 2.44. The van der Waals surface area contributed by atoms with Gasteiger partial charge in [-0.25, -0.2) is 9.78 Å². The van der Waals surface area contributed by atoms with Crippen LogP contribution in [-0.2, 0) is 16.0 Å². The van der Waals surface area contributed by atoms with Crippen LogP contribution in [0.2, 0.25) is 0 Å². The molecule has 0 saturated heterocycles. The summed E-state index contributed by atoms with van der Waals surface area (Å²) in [4.78, 5) is 29.2. The summed E-state index contributed by atoms with van der Waals surface area (Å²) >= 11 is 1.33. The van der Waals surface area contributed by atoms with Crippen molar-refractivity contribution in [3.05, 3.63) is 70.2 Å². The zero-order valence-electron chi connectivity index (χ0n) is 16.1. The van der Waals surface area contributed by atoms with Crippen LogP contribution < -0.4 is 5.32 Å². The Labute approximate surface area is 177 Å². The summed E-state index contributed by atoms with van der Waals surface area (Å²) in [7, 11) is 0. The third-order valence-electron chi connectivity index (χ3n) is 5.81. The van der Waals surface area contributed by atoms with Gasteiger partial charge in [0.2, 0.25) is 0 Å². The van der Waals surface area contributed by atoms with Crippen molar-refractivity contribution in [3.8, 4) is 11.1 Å². The number of hydrogen-bond donors (Lipinski definition) is 2. The lowest BCUT2D eigenvalue weighted by molar-refractivity contribution is -0.139. The topological polar surface area (TPSA) is 88.5 Å². The molecule has 0 aliphatic heterocycles. The zero-order valence-corrected chi connectivity index (χ0v) is 16.9. The minimum atomic E-state index is -0.867. The van der Waals surface area contributed by atoms with E-state index in [4.69, 9.17) is 4.74 Å². The summed E-state index contributed by atoms with van der Waals surface area (Å²) in [5.41, 5.74) is 5.23. The number of ether oxygens (including phenoxy) is 1. The molecule has 2 aromatic carbocycles. The number of benzene rings is 2. The molecule has 1 heterocycles. The molecule has 0 radical (unpaired) electrons. The van der Waals surface area contributed by atoms with Crippen LogP contribution in [0.4, 0.5) is 9.93 Å². The van der Waals surface area contributed by atoms with Crippen LogP contribution in [0.25, 0.3) is 11.1 Å². The highest BCUT2D eigenvalue weighted by atomic mass is 32.1. The van der Waals surface area contributed by atoms with Gasteiger partial charge in [-0.3, -0.25) is 10.1 Å². The van der Waals surface area contributed by atoms with Gasteiger partial charge < -0.3 is 9.84 Å². The Morgan fingerprint density at radius 3 is 2.43 bits per heavy atom. The number of carboxylic acids is 1. The number of carboxylic acid groups (broad SMARTS) is 1. The lowest BCUT2D eigenvalue weighted by Crippen LogP contribution is -2.19. The summed E-state index contributed by atoms with van der Waals surface area (Å²) in [6, 6.07) is 16.3. The number of aromatic nitrogens is 1. The Hall–Kier alpha value is -3.19. The molecule has 0 fully saturated rings. The highest BCUT2D eigenvalue weighted by molar-refractivity contribution is 7.15. The maximum Gasteiger partial charge on any atom is 0.413 e. The Morgan fingerprint density at radius 1 is 1.10 bits per heavy atom. The monoisotopic (exact) mass is 420 g/mol. The van der Waals surface area contributed by atoms with E-state index >= 15 is 0 Å². The Bertz CT molecular complexity index is 1090. The van der Waals surface area contributed by atoms with E-state index in [1.165, 1.54) is 22.5 Å². The predicted molar refractivity (Wildman–Crippen MR) is 114 cm³/mol. The smallest absolute Gasteiger partial charge is 0.413 e. The molecule has 0 spiro atoms. The molecule has 30 heavy (non-hydrogen) atoms. The van der Waals surface area contributed by atoms with Gasteiger partial charge in [0.25, 0.3) is 0 Å². The van der Waals surface area contributed by atoms with Gasteiger partial charge in [0.15, 0.2) is 5.13 Å². The molecule has 2 aliphatic carbocycles. The molecule has 1 aromatic heterocycles. The van der Waals surface area contributed by atoms with Crippen LogP contribution in [0.15, 0.2) is 48.5 Å². The fraction of sp³-hybridized carbons (Fsp3) is 0.261. The minimum Gasteiger partial charge on any atom is -0.481 e. The van der Waals surface area contributed by atoms with Crippen molar-refractivity contribution in [3.63, 3.8) is 0 Å². The van der Waals surface area contributed by atoms with E-state index in [1.54, 1.807) is 0 Å². The molecule has 3 aromatic rings. The van der Waals surface area contributed by atoms with E-state index in [2.05, 4.69) is 34.6 Å². The molecule has 1 atom stereocenters. The summed E-state index contributed by atoms with van der Waals surface area (Å²) < 4.78 is 5.55. The molecule has 0 saturated carbocycles. The van der Waals surface area contributed by atoms with E-state index in [9.17, 15) is 14.7 Å². The molecular formula is C23H20N2O4S. The molecule has 7 heteroatoms. The third kappa shape index (κ3) is 3.25. The summed E-state index contributed by atoms with van der Waals surface area (Å²) in [5, 5.41) is 12.5. The van der Waals surface area contributed by atoms with E-state index in [0.717, 1.165) is 28.8 Å². The first-order valence-electron chi connectivity index (χ1n) is 9.96. The second-order valence-corrected chi connectivity index (χ2v) is 8.64. The van der Waals surface area contributed by atoms with Crippen LogP contribution in [-0.4, -0.2) is 28.8 Å². The number of carbonyl (C=O) groups is 2. The first-order valence-corrected chi connectivity index (χ1v) is 10.8. The highest BCUT2D eigenvalue weighted by Gasteiger charge is 2.31. The van der Waals surface area contributed by atoms with Crippen molar-refractivity contribution in [2.24, 2.45) is 0 Å². The second kappa shape index (κ2) is 7.57. The van der Waals surface area contributed by atoms with E-state index in [-0.39, 0.29) is 12.5 Å². The lowest BCUT2D eigenvalue weighted by Gasteiger charge is -2.16. The minimum absolute atomic E-state index is 0.0101. The number of hydrogen-bond acceptors (Lipinski definition) is 5. The number of nitrogens with zero attached hydrogens (tertiary/aromatic N) is 1. The Balaban J connectivity index is 1.29. The number of aliphatic carboxylic acids is 1. The first kappa shape index (κ1) is 18.8. The van der Waals surface area contributed by atoms with Crippen molar-refractivity contribution >= 4 is 28.5 Å². The third-order valence-corrected chi connectivity index (χ3v) is 6.85. The van der Waals surface area contributed by atoms with Crippen molar-refractivity contribution in [2.75, 3.05) is 11.9 Å². The van der Waals surface area contributed by atoms with Crippen LogP contribution >= 0.6 is 11.3 Å². The molecule has 6 nitrogen and oxygen atoms in total. The largest absolute Gasteiger partial charge is 0.481 e. The van der Waals surface area contributed by atoms with Gasteiger partial charge in [-0.15, -0.1) is 11.3 Å². The van der Waals surface area contributed by atoms with E-state index in [1.807, 2.05) is 24.3 Å². The van der Waals surface area contributed by atoms with Crippen molar-refractivity contribution < 1.29 is 19.4 Å². The van der Waals surface area contributed by atoms with Crippen LogP contribution in [0.5, 0.6) is 0 Å². The average molecular weight is 420 g/mol. The number of carbonyl (C=O) groups excluding carboxylic acids is 1. The van der Waals surface area contributed by atoms with Gasteiger partial charge >= 0.3 is 12.1 Å². The van der Waals surface area contributed by atoms with Gasteiger partial charge in [0, 0.05) is 10.8 Å². The molecule has 0 bridgehead atoms. The number of fused-ring (bicyclic) bond motifs is 4. The maximum atomic E-state index is 12.4. The number of thiazole rings is 1. The second-order valence-electron chi connectivity index (χ2n) is 7.56. The zero-order chi connectivity index (χ0) is 20.7. The molecule has 2 aliphatic rings. The number of aryl methyl sites for hydroxylation is 1. The lowest BCUT2D eigenvalue weighted by atomic mass is 9.91. The molecule has 5 rings (SSSR count). The quantitative estimate of drug-likeness (QED) is 0.619. The number of rotatable bonds is 4. The molecule has 1 unspecified atom stereocenters. The van der Waals surface area contributed by atoms with Crippen LogP contribution in [0, 0.1) is 0 Å². The van der Waals surface area contributed by atoms with Crippen molar-refractivity contribution in [2.45, 2.75) is 31.1 Å². The van der Waals surface area contributed by atoms with Gasteiger partial charge in [-0.05, 0) is 41.5 Å². The van der Waals surface area contributed by atoms with Gasteiger partial charge in [0.1, 0.15) is 12.5 Å². The molecule has 152 valence electrons. The van der Waals surface area contributed by atoms with Crippen LogP contribution in [0.1, 0.15) is 46.4 Å². The van der Waals surface area contributed by atoms with E-state index in [0.29, 0.717) is 17.2 Å². The van der Waals surface area contributed by atoms with E-state index < -0.39 is 18.0 Å². The van der Waals surface area contributed by atoms with Crippen molar-refractivity contribution in [1.82, 2.24) is 4.98 Å². The van der Waals surface area contributed by atoms with Gasteiger partial charge in [-0.2, -0.15) is 0 Å². The Kier molecular flexibility index (Phi) is 4.75. The predicted octanol–water partition coefficient (Wildman–Crippen LogP) is 5.01. The van der Waals surface area contributed by atoms with Gasteiger partial charge in [-0.1, -0.05) is 48.5 Å². The Morgan fingerprint density at radius 2 is 1.77 bits per heavy atom. The fourth-order valence-electron chi connectivity index (χ4n) is 4.43. The fourth-order valence-corrected chi connectivity index (χ4v) is 5.48. The number of anilines is 1. The summed E-state index contributed by atoms with van der Waals surface area (Å²) in [6.45, 7) is 0.225. The first-order chi connectivity index (χ1) is 14.6.